The van der Waals surface area contributed by atoms with E-state index in [4.69, 9.17) is 0 Å². The summed E-state index contributed by atoms with van der Waals surface area (Å²) >= 11 is -1.67. The Morgan fingerprint density at radius 2 is 0.889 bits per heavy atom. The summed E-state index contributed by atoms with van der Waals surface area (Å²) in [5, 5.41) is 0. The van der Waals surface area contributed by atoms with E-state index < -0.39 is 13.3 Å². The van der Waals surface area contributed by atoms with Crippen LogP contribution in [0.3, 0.4) is 0 Å². The second-order valence-electron chi connectivity index (χ2n) is 2.44. The molecule has 0 aromatic rings. The number of hydrogen-bond donors (Lipinski definition) is 0. The zero-order valence-corrected chi connectivity index (χ0v) is 7.22. The van der Waals surface area contributed by atoms with Crippen LogP contribution in [-0.4, -0.2) is 13.3 Å². The van der Waals surface area contributed by atoms with Gasteiger partial charge in [-0.05, 0) is 0 Å². The summed E-state index contributed by atoms with van der Waals surface area (Å²) in [6.07, 6.45) is 8.67. The van der Waals surface area contributed by atoms with Crippen LogP contribution in [0.25, 0.3) is 0 Å². The average Bonchev–Trinajstić information content (AvgIpc) is 2.45. The van der Waals surface area contributed by atoms with E-state index in [1.54, 1.807) is 0 Å². The van der Waals surface area contributed by atoms with Crippen LogP contribution in [0.1, 0.15) is 0 Å². The van der Waals surface area contributed by atoms with E-state index in [9.17, 15) is 0 Å². The first-order chi connectivity index (χ1) is 4.41. The van der Waals surface area contributed by atoms with Gasteiger partial charge in [-0.1, -0.05) is 0 Å². The predicted molar refractivity (Wildman–Crippen MR) is 42.3 cm³/mol. The molecule has 0 unspecified atom stereocenters. The average molecular weight is 177 g/mol. The third kappa shape index (κ3) is 0.742. The molecule has 0 atom stereocenters. The molecule has 2 heterocycles. The Morgan fingerprint density at radius 3 is 1.22 bits per heavy atom. The first-order valence-corrected chi connectivity index (χ1v) is 8.00. The standard InChI is InChI=1S/C8H8Ge/c1-2-6-9(5-1)7-3-4-8-9/h1-8H. The Labute approximate surface area is 57.6 Å². The molecule has 0 saturated heterocycles. The molecule has 0 amide bonds. The van der Waals surface area contributed by atoms with Crippen molar-refractivity contribution in [2.24, 2.45) is 0 Å². The minimum atomic E-state index is -1.67. The van der Waals surface area contributed by atoms with Gasteiger partial charge in [-0.25, -0.2) is 0 Å². The van der Waals surface area contributed by atoms with Crippen LogP contribution < -0.4 is 0 Å². The Kier molecular flexibility index (Phi) is 1.02. The normalized spacial score (nSPS) is 24.9. The van der Waals surface area contributed by atoms with Gasteiger partial charge in [-0.3, -0.25) is 0 Å². The van der Waals surface area contributed by atoms with Crippen molar-refractivity contribution in [1.82, 2.24) is 0 Å². The van der Waals surface area contributed by atoms with Crippen molar-refractivity contribution >= 4 is 13.3 Å². The summed E-state index contributed by atoms with van der Waals surface area (Å²) in [4.78, 5) is 9.50. The molecule has 0 saturated carbocycles. The van der Waals surface area contributed by atoms with Crippen molar-refractivity contribution in [2.75, 3.05) is 0 Å². The van der Waals surface area contributed by atoms with Gasteiger partial charge in [-0.2, -0.15) is 0 Å². The summed E-state index contributed by atoms with van der Waals surface area (Å²) in [5.74, 6) is 0. The molecule has 9 heavy (non-hydrogen) atoms. The fraction of sp³-hybridized carbons (Fsp3) is 0. The summed E-state index contributed by atoms with van der Waals surface area (Å²) in [6.45, 7) is 0. The molecule has 0 bridgehead atoms. The minimum absolute atomic E-state index is 1.67. The fourth-order valence-corrected chi connectivity index (χ4v) is 6.35. The van der Waals surface area contributed by atoms with Crippen molar-refractivity contribution in [2.45, 2.75) is 0 Å². The van der Waals surface area contributed by atoms with Crippen LogP contribution in [-0.2, 0) is 0 Å². The van der Waals surface area contributed by atoms with Gasteiger partial charge in [-0.15, -0.1) is 0 Å². The van der Waals surface area contributed by atoms with Crippen molar-refractivity contribution in [3.63, 3.8) is 0 Å². The molecular formula is C8H8Ge. The maximum atomic E-state index is 2.38. The van der Waals surface area contributed by atoms with E-state index in [0.29, 0.717) is 0 Å². The Morgan fingerprint density at radius 1 is 0.556 bits per heavy atom. The molecule has 0 fully saturated rings. The number of rotatable bonds is 0. The Bertz CT molecular complexity index is 177. The van der Waals surface area contributed by atoms with Gasteiger partial charge in [0, 0.05) is 0 Å². The fourth-order valence-electron chi connectivity index (χ4n) is 1.22. The summed E-state index contributed by atoms with van der Waals surface area (Å²) < 4.78 is 0. The van der Waals surface area contributed by atoms with E-state index in [1.807, 2.05) is 0 Å². The Balaban J connectivity index is 2.46. The van der Waals surface area contributed by atoms with Gasteiger partial charge < -0.3 is 0 Å². The van der Waals surface area contributed by atoms with Crippen LogP contribution in [0.15, 0.2) is 43.9 Å². The molecule has 2 aliphatic heterocycles. The predicted octanol–water partition coefficient (Wildman–Crippen LogP) is 1.84. The topological polar surface area (TPSA) is 0 Å². The van der Waals surface area contributed by atoms with Gasteiger partial charge >= 0.3 is 57.2 Å². The first kappa shape index (κ1) is 5.30. The summed E-state index contributed by atoms with van der Waals surface area (Å²) in [6, 6.07) is 0. The summed E-state index contributed by atoms with van der Waals surface area (Å²) in [5.41, 5.74) is 0. The van der Waals surface area contributed by atoms with E-state index in [1.165, 1.54) is 0 Å². The van der Waals surface area contributed by atoms with Crippen molar-refractivity contribution in [1.29, 1.82) is 0 Å². The third-order valence-corrected chi connectivity index (χ3v) is 8.22. The van der Waals surface area contributed by atoms with E-state index in [2.05, 4.69) is 43.9 Å². The van der Waals surface area contributed by atoms with Gasteiger partial charge in [0.1, 0.15) is 0 Å². The third-order valence-electron chi connectivity index (χ3n) is 1.76. The van der Waals surface area contributed by atoms with Crippen LogP contribution in [0, 0.1) is 0 Å². The molecule has 0 aliphatic carbocycles. The molecule has 0 nitrogen and oxygen atoms in total. The first-order valence-electron chi connectivity index (χ1n) is 3.15. The molecule has 1 heteroatoms. The van der Waals surface area contributed by atoms with Crippen LogP contribution in [0.4, 0.5) is 0 Å². The van der Waals surface area contributed by atoms with Crippen LogP contribution in [0.2, 0.25) is 0 Å². The van der Waals surface area contributed by atoms with Crippen LogP contribution >= 0.6 is 0 Å². The van der Waals surface area contributed by atoms with Gasteiger partial charge in [0.15, 0.2) is 0 Å². The van der Waals surface area contributed by atoms with E-state index >= 15 is 0 Å². The second kappa shape index (κ2) is 1.74. The van der Waals surface area contributed by atoms with Crippen molar-refractivity contribution in [3.05, 3.63) is 43.9 Å². The molecule has 44 valence electrons. The van der Waals surface area contributed by atoms with Gasteiger partial charge in [0.2, 0.25) is 0 Å². The Hall–Kier alpha value is -0.497. The van der Waals surface area contributed by atoms with Crippen molar-refractivity contribution < 1.29 is 0 Å². The van der Waals surface area contributed by atoms with Crippen molar-refractivity contribution in [3.8, 4) is 0 Å². The monoisotopic (exact) mass is 178 g/mol. The van der Waals surface area contributed by atoms with Gasteiger partial charge in [0.05, 0.1) is 0 Å². The molecule has 0 radical (unpaired) electrons. The second-order valence-corrected chi connectivity index (χ2v) is 9.43. The molecule has 1 spiro atoms. The van der Waals surface area contributed by atoms with Gasteiger partial charge in [0.25, 0.3) is 0 Å². The number of hydrogen-bond acceptors (Lipinski definition) is 0. The van der Waals surface area contributed by atoms with Crippen LogP contribution in [0.5, 0.6) is 0 Å². The van der Waals surface area contributed by atoms with E-state index in [-0.39, 0.29) is 0 Å². The number of allylic oxidation sites excluding steroid dienone is 4. The molecule has 2 rings (SSSR count). The molecule has 0 N–H and O–H groups in total. The maximum absolute atomic E-state index is 2.38. The molecule has 0 aromatic carbocycles. The SMILES string of the molecule is C1=[CH][Ge]2([CH]=C1)[CH]=CC=[CH]2. The molecular weight excluding hydrogens is 169 g/mol. The van der Waals surface area contributed by atoms with E-state index in [0.717, 1.165) is 0 Å². The molecule has 2 aliphatic rings. The molecule has 0 aromatic heterocycles. The summed E-state index contributed by atoms with van der Waals surface area (Å²) in [7, 11) is 0. The zero-order valence-electron chi connectivity index (χ0n) is 5.12. The zero-order chi connectivity index (χ0) is 6.16. The quantitative estimate of drug-likeness (QED) is 0.495.